The zero-order chi connectivity index (χ0) is 9.80. The van der Waals surface area contributed by atoms with Crippen LogP contribution in [0, 0.1) is 0 Å². The molecule has 1 aromatic carbocycles. The maximum Gasteiger partial charge on any atom is 0.173 e. The third-order valence-electron chi connectivity index (χ3n) is 2.03. The number of hydrogen-bond donors (Lipinski definition) is 0. The van der Waals surface area contributed by atoms with Crippen LogP contribution in [0.5, 0.6) is 0 Å². The molecular weight excluding hydrogens is 238 g/mol. The van der Waals surface area contributed by atoms with Gasteiger partial charge in [0.15, 0.2) is 18.9 Å². The Morgan fingerprint density at radius 2 is 1.79 bits per heavy atom. The third kappa shape index (κ3) is 2.42. The molecule has 0 fully saturated rings. The second-order valence-electron chi connectivity index (χ2n) is 3.18. The topological polar surface area (TPSA) is 3.88 Å². The first kappa shape index (κ1) is 9.41. The van der Waals surface area contributed by atoms with Gasteiger partial charge in [-0.3, -0.25) is 0 Å². The van der Waals surface area contributed by atoms with Gasteiger partial charge in [-0.25, -0.2) is 4.57 Å². The minimum Gasteiger partial charge on any atom is -0.201 e. The molecule has 0 radical (unpaired) electrons. The van der Waals surface area contributed by atoms with Gasteiger partial charge < -0.3 is 0 Å². The van der Waals surface area contributed by atoms with Crippen molar-refractivity contribution in [2.24, 2.45) is 0 Å². The van der Waals surface area contributed by atoms with Crippen LogP contribution in [-0.2, 0) is 6.54 Å². The molecule has 70 valence electrons. The zero-order valence-corrected chi connectivity index (χ0v) is 9.31. The Morgan fingerprint density at radius 3 is 2.50 bits per heavy atom. The Bertz CT molecular complexity index is 412. The third-order valence-corrected chi connectivity index (χ3v) is 2.52. The average molecular weight is 249 g/mol. The molecule has 0 atom stereocenters. The van der Waals surface area contributed by atoms with E-state index in [-0.39, 0.29) is 0 Å². The van der Waals surface area contributed by atoms with Crippen molar-refractivity contribution >= 4 is 15.9 Å². The maximum absolute atomic E-state index is 3.47. The van der Waals surface area contributed by atoms with Crippen LogP contribution in [0.15, 0.2) is 59.3 Å². The van der Waals surface area contributed by atoms with Crippen LogP contribution in [0.1, 0.15) is 5.56 Å². The van der Waals surface area contributed by atoms with E-state index in [1.807, 2.05) is 24.3 Å². The smallest absolute Gasteiger partial charge is 0.173 e. The minimum atomic E-state index is 0.917. The molecule has 0 bridgehead atoms. The summed E-state index contributed by atoms with van der Waals surface area (Å²) in [4.78, 5) is 0. The molecule has 1 heterocycles. The number of benzene rings is 1. The van der Waals surface area contributed by atoms with E-state index in [1.165, 1.54) is 5.56 Å². The highest BCUT2D eigenvalue weighted by molar-refractivity contribution is 9.10. The van der Waals surface area contributed by atoms with Crippen LogP contribution in [0.3, 0.4) is 0 Å². The standard InChI is InChI=1S/C12H11BrN/c13-12-6-4-5-11(9-12)10-14-7-2-1-3-8-14/h1-9H,10H2/q+1. The van der Waals surface area contributed by atoms with Gasteiger partial charge in [-0.2, -0.15) is 0 Å². The van der Waals surface area contributed by atoms with Gasteiger partial charge in [0.05, 0.1) is 0 Å². The van der Waals surface area contributed by atoms with Crippen molar-refractivity contribution in [3.05, 3.63) is 64.9 Å². The fourth-order valence-corrected chi connectivity index (χ4v) is 1.83. The highest BCUT2D eigenvalue weighted by Crippen LogP contribution is 2.10. The lowest BCUT2D eigenvalue weighted by Gasteiger charge is -1.97. The van der Waals surface area contributed by atoms with E-state index in [2.05, 4.69) is 51.1 Å². The molecule has 2 heteroatoms. The van der Waals surface area contributed by atoms with Crippen molar-refractivity contribution in [2.45, 2.75) is 6.54 Å². The van der Waals surface area contributed by atoms with Gasteiger partial charge in [0.2, 0.25) is 0 Å². The quantitative estimate of drug-likeness (QED) is 0.720. The summed E-state index contributed by atoms with van der Waals surface area (Å²) >= 11 is 3.47. The monoisotopic (exact) mass is 248 g/mol. The summed E-state index contributed by atoms with van der Waals surface area (Å²) in [6.45, 7) is 0.917. The molecule has 0 aliphatic heterocycles. The minimum absolute atomic E-state index is 0.917. The van der Waals surface area contributed by atoms with E-state index in [9.17, 15) is 0 Å². The number of halogens is 1. The molecular formula is C12H11BrN+. The van der Waals surface area contributed by atoms with E-state index >= 15 is 0 Å². The molecule has 0 spiro atoms. The Kier molecular flexibility index (Phi) is 2.94. The van der Waals surface area contributed by atoms with Crippen molar-refractivity contribution in [3.8, 4) is 0 Å². The Labute approximate surface area is 92.2 Å². The van der Waals surface area contributed by atoms with E-state index < -0.39 is 0 Å². The van der Waals surface area contributed by atoms with Crippen LogP contribution < -0.4 is 4.57 Å². The second-order valence-corrected chi connectivity index (χ2v) is 4.09. The average Bonchev–Trinajstić information content (AvgIpc) is 2.19. The lowest BCUT2D eigenvalue weighted by Crippen LogP contribution is -2.32. The Balaban J connectivity index is 2.19. The van der Waals surface area contributed by atoms with Gasteiger partial charge in [-0.15, -0.1) is 0 Å². The summed E-state index contributed by atoms with van der Waals surface area (Å²) in [5.41, 5.74) is 1.30. The van der Waals surface area contributed by atoms with Crippen LogP contribution >= 0.6 is 15.9 Å². The highest BCUT2D eigenvalue weighted by atomic mass is 79.9. The van der Waals surface area contributed by atoms with E-state index in [4.69, 9.17) is 0 Å². The number of nitrogens with zero attached hydrogens (tertiary/aromatic N) is 1. The molecule has 0 N–H and O–H groups in total. The van der Waals surface area contributed by atoms with Crippen LogP contribution in [0.4, 0.5) is 0 Å². The van der Waals surface area contributed by atoms with Gasteiger partial charge in [0.1, 0.15) is 0 Å². The number of hydrogen-bond acceptors (Lipinski definition) is 0. The van der Waals surface area contributed by atoms with Gasteiger partial charge in [0, 0.05) is 22.2 Å². The molecule has 0 aliphatic rings. The predicted molar refractivity (Wildman–Crippen MR) is 59.9 cm³/mol. The molecule has 0 amide bonds. The molecule has 2 rings (SSSR count). The Morgan fingerprint density at radius 1 is 1.00 bits per heavy atom. The zero-order valence-electron chi connectivity index (χ0n) is 7.73. The van der Waals surface area contributed by atoms with Crippen molar-refractivity contribution in [2.75, 3.05) is 0 Å². The van der Waals surface area contributed by atoms with Crippen molar-refractivity contribution in [3.63, 3.8) is 0 Å². The van der Waals surface area contributed by atoms with Crippen LogP contribution in [0.25, 0.3) is 0 Å². The lowest BCUT2D eigenvalue weighted by atomic mass is 10.2. The van der Waals surface area contributed by atoms with Crippen LogP contribution in [-0.4, -0.2) is 0 Å². The van der Waals surface area contributed by atoms with Crippen molar-refractivity contribution in [1.29, 1.82) is 0 Å². The second kappa shape index (κ2) is 4.38. The summed E-state index contributed by atoms with van der Waals surface area (Å²) in [5, 5.41) is 0. The first-order valence-corrected chi connectivity index (χ1v) is 5.32. The lowest BCUT2D eigenvalue weighted by molar-refractivity contribution is -0.688. The van der Waals surface area contributed by atoms with Crippen molar-refractivity contribution in [1.82, 2.24) is 0 Å². The fourth-order valence-electron chi connectivity index (χ4n) is 1.39. The SMILES string of the molecule is Brc1cccc(C[n+]2ccccc2)c1. The Hall–Kier alpha value is -1.15. The van der Waals surface area contributed by atoms with Crippen LogP contribution in [0.2, 0.25) is 0 Å². The van der Waals surface area contributed by atoms with Gasteiger partial charge in [-0.05, 0) is 12.1 Å². The summed E-state index contributed by atoms with van der Waals surface area (Å²) in [6, 6.07) is 14.5. The first-order chi connectivity index (χ1) is 6.84. The number of rotatable bonds is 2. The fraction of sp³-hybridized carbons (Fsp3) is 0.0833. The summed E-state index contributed by atoms with van der Waals surface area (Å²) in [6.07, 6.45) is 4.14. The van der Waals surface area contributed by atoms with Gasteiger partial charge in [0.25, 0.3) is 0 Å². The normalized spacial score (nSPS) is 10.1. The molecule has 0 aliphatic carbocycles. The number of aromatic nitrogens is 1. The first-order valence-electron chi connectivity index (χ1n) is 4.53. The molecule has 14 heavy (non-hydrogen) atoms. The van der Waals surface area contributed by atoms with E-state index in [1.54, 1.807) is 0 Å². The largest absolute Gasteiger partial charge is 0.201 e. The summed E-state index contributed by atoms with van der Waals surface area (Å²) in [5.74, 6) is 0. The molecule has 0 saturated carbocycles. The predicted octanol–water partition coefficient (Wildman–Crippen LogP) is 2.78. The maximum atomic E-state index is 3.47. The van der Waals surface area contributed by atoms with Gasteiger partial charge >= 0.3 is 0 Å². The van der Waals surface area contributed by atoms with Gasteiger partial charge in [-0.1, -0.05) is 34.1 Å². The highest BCUT2D eigenvalue weighted by Gasteiger charge is 2.00. The summed E-state index contributed by atoms with van der Waals surface area (Å²) in [7, 11) is 0. The molecule has 1 nitrogen and oxygen atoms in total. The summed E-state index contributed by atoms with van der Waals surface area (Å²) < 4.78 is 3.29. The van der Waals surface area contributed by atoms with E-state index in [0.29, 0.717) is 0 Å². The van der Waals surface area contributed by atoms with E-state index in [0.717, 1.165) is 11.0 Å². The molecule has 0 saturated heterocycles. The molecule has 2 aromatic rings. The van der Waals surface area contributed by atoms with Crippen molar-refractivity contribution < 1.29 is 4.57 Å². The number of pyridine rings is 1. The molecule has 1 aromatic heterocycles. The molecule has 0 unspecified atom stereocenters.